The molecule has 1 atom stereocenters. The van der Waals surface area contributed by atoms with Gasteiger partial charge in [0.15, 0.2) is 11.5 Å². The van der Waals surface area contributed by atoms with Crippen LogP contribution in [0.2, 0.25) is 0 Å². The summed E-state index contributed by atoms with van der Waals surface area (Å²) in [6, 6.07) is 5.55. The normalized spacial score (nSPS) is 14.6. The van der Waals surface area contributed by atoms with E-state index in [-0.39, 0.29) is 12.9 Å². The summed E-state index contributed by atoms with van der Waals surface area (Å²) in [7, 11) is 0. The van der Waals surface area contributed by atoms with Crippen LogP contribution in [0.25, 0.3) is 0 Å². The Hall–Kier alpha value is -1.46. The van der Waals surface area contributed by atoms with E-state index in [1.54, 1.807) is 0 Å². The Morgan fingerprint density at radius 2 is 2.17 bits per heavy atom. The SMILES string of the molecule is CCOC(CN)CCOc1ccc2c(c1)OCO2. The van der Waals surface area contributed by atoms with Gasteiger partial charge in [-0.1, -0.05) is 0 Å². The van der Waals surface area contributed by atoms with Gasteiger partial charge in [-0.15, -0.1) is 0 Å². The van der Waals surface area contributed by atoms with Crippen LogP contribution in [0.3, 0.4) is 0 Å². The Balaban J connectivity index is 1.79. The first-order valence-corrected chi connectivity index (χ1v) is 6.17. The third-order valence-electron chi connectivity index (χ3n) is 2.72. The number of fused-ring (bicyclic) bond motifs is 1. The molecule has 2 N–H and O–H groups in total. The topological polar surface area (TPSA) is 62.9 Å². The molecule has 2 rings (SSSR count). The highest BCUT2D eigenvalue weighted by Gasteiger charge is 2.14. The first-order chi connectivity index (χ1) is 8.83. The number of hydrogen-bond donors (Lipinski definition) is 1. The Morgan fingerprint density at radius 3 is 2.94 bits per heavy atom. The van der Waals surface area contributed by atoms with Gasteiger partial charge in [-0.2, -0.15) is 0 Å². The van der Waals surface area contributed by atoms with E-state index in [4.69, 9.17) is 24.7 Å². The third kappa shape index (κ3) is 3.27. The van der Waals surface area contributed by atoms with Gasteiger partial charge >= 0.3 is 0 Å². The average Bonchev–Trinajstić information content (AvgIpc) is 2.85. The molecule has 1 aliphatic heterocycles. The fourth-order valence-corrected chi connectivity index (χ4v) is 1.78. The zero-order chi connectivity index (χ0) is 12.8. The minimum Gasteiger partial charge on any atom is -0.493 e. The minimum atomic E-state index is 0.0593. The van der Waals surface area contributed by atoms with Crippen molar-refractivity contribution >= 4 is 0 Å². The zero-order valence-corrected chi connectivity index (χ0v) is 10.6. The highest BCUT2D eigenvalue weighted by atomic mass is 16.7. The minimum absolute atomic E-state index is 0.0593. The summed E-state index contributed by atoms with van der Waals surface area (Å²) >= 11 is 0. The van der Waals surface area contributed by atoms with E-state index < -0.39 is 0 Å². The average molecular weight is 253 g/mol. The van der Waals surface area contributed by atoms with Crippen LogP contribution in [-0.2, 0) is 4.74 Å². The predicted molar refractivity (Wildman–Crippen MR) is 67.1 cm³/mol. The van der Waals surface area contributed by atoms with Crippen molar-refractivity contribution in [2.45, 2.75) is 19.4 Å². The van der Waals surface area contributed by atoms with Crippen LogP contribution < -0.4 is 19.9 Å². The molecule has 0 aromatic heterocycles. The van der Waals surface area contributed by atoms with Crippen LogP contribution >= 0.6 is 0 Å². The van der Waals surface area contributed by atoms with Crippen molar-refractivity contribution in [3.8, 4) is 17.2 Å². The summed E-state index contributed by atoms with van der Waals surface area (Å²) in [5.41, 5.74) is 5.59. The smallest absolute Gasteiger partial charge is 0.231 e. The van der Waals surface area contributed by atoms with Crippen LogP contribution in [-0.4, -0.2) is 32.7 Å². The standard InChI is InChI=1S/C13H19NO4/c1-2-15-11(8-14)5-6-16-10-3-4-12-13(7-10)18-9-17-12/h3-4,7,11H,2,5-6,8-9,14H2,1H3. The van der Waals surface area contributed by atoms with Gasteiger partial charge < -0.3 is 24.7 Å². The lowest BCUT2D eigenvalue weighted by Crippen LogP contribution is -2.25. The van der Waals surface area contributed by atoms with Crippen molar-refractivity contribution in [2.24, 2.45) is 5.73 Å². The quantitative estimate of drug-likeness (QED) is 0.798. The van der Waals surface area contributed by atoms with Gasteiger partial charge in [-0.25, -0.2) is 0 Å². The molecule has 1 aliphatic rings. The molecule has 1 heterocycles. The first kappa shape index (κ1) is 13.0. The summed E-state index contributed by atoms with van der Waals surface area (Å²) in [5.74, 6) is 2.26. The Kier molecular flexibility index (Phi) is 4.66. The molecule has 0 saturated carbocycles. The van der Waals surface area contributed by atoms with E-state index >= 15 is 0 Å². The van der Waals surface area contributed by atoms with E-state index in [0.29, 0.717) is 19.8 Å². The molecule has 0 amide bonds. The number of benzene rings is 1. The molecule has 1 unspecified atom stereocenters. The molecular formula is C13H19NO4. The summed E-state index contributed by atoms with van der Waals surface area (Å²) in [5, 5.41) is 0. The maximum atomic E-state index is 5.64. The monoisotopic (exact) mass is 253 g/mol. The van der Waals surface area contributed by atoms with Crippen molar-refractivity contribution in [3.63, 3.8) is 0 Å². The Morgan fingerprint density at radius 1 is 1.33 bits per heavy atom. The fourth-order valence-electron chi connectivity index (χ4n) is 1.78. The number of hydrogen-bond acceptors (Lipinski definition) is 5. The molecule has 0 spiro atoms. The van der Waals surface area contributed by atoms with E-state index in [1.807, 2.05) is 25.1 Å². The van der Waals surface area contributed by atoms with Gasteiger partial charge in [0.25, 0.3) is 0 Å². The molecular weight excluding hydrogens is 234 g/mol. The lowest BCUT2D eigenvalue weighted by Gasteiger charge is -2.15. The third-order valence-corrected chi connectivity index (χ3v) is 2.72. The van der Waals surface area contributed by atoms with E-state index in [2.05, 4.69) is 0 Å². The molecule has 0 bridgehead atoms. The maximum Gasteiger partial charge on any atom is 0.231 e. The summed E-state index contributed by atoms with van der Waals surface area (Å²) < 4.78 is 21.6. The van der Waals surface area contributed by atoms with Crippen LogP contribution in [0, 0.1) is 0 Å². The van der Waals surface area contributed by atoms with Gasteiger partial charge in [0.1, 0.15) is 5.75 Å². The number of ether oxygens (including phenoxy) is 4. The van der Waals surface area contributed by atoms with Crippen molar-refractivity contribution in [2.75, 3.05) is 26.6 Å². The molecule has 0 radical (unpaired) electrons. The molecule has 1 aromatic rings. The van der Waals surface area contributed by atoms with E-state index in [1.165, 1.54) is 0 Å². The lowest BCUT2D eigenvalue weighted by molar-refractivity contribution is 0.0527. The molecule has 1 aromatic carbocycles. The van der Waals surface area contributed by atoms with Crippen LogP contribution in [0.15, 0.2) is 18.2 Å². The lowest BCUT2D eigenvalue weighted by atomic mass is 10.2. The molecule has 5 nitrogen and oxygen atoms in total. The van der Waals surface area contributed by atoms with Gasteiger partial charge in [0.2, 0.25) is 6.79 Å². The molecule has 0 fully saturated rings. The maximum absolute atomic E-state index is 5.64. The van der Waals surface area contributed by atoms with Crippen molar-refractivity contribution < 1.29 is 18.9 Å². The van der Waals surface area contributed by atoms with Crippen LogP contribution in [0.4, 0.5) is 0 Å². The van der Waals surface area contributed by atoms with Gasteiger partial charge in [-0.05, 0) is 19.1 Å². The van der Waals surface area contributed by atoms with Gasteiger partial charge in [-0.3, -0.25) is 0 Å². The highest BCUT2D eigenvalue weighted by molar-refractivity contribution is 5.46. The van der Waals surface area contributed by atoms with Crippen molar-refractivity contribution in [1.82, 2.24) is 0 Å². The summed E-state index contributed by atoms with van der Waals surface area (Å²) in [6.45, 7) is 3.99. The fraction of sp³-hybridized carbons (Fsp3) is 0.538. The largest absolute Gasteiger partial charge is 0.493 e. The molecule has 0 aliphatic carbocycles. The van der Waals surface area contributed by atoms with Gasteiger partial charge in [0.05, 0.1) is 12.7 Å². The number of nitrogens with two attached hydrogens (primary N) is 1. The first-order valence-electron chi connectivity index (χ1n) is 6.17. The summed E-state index contributed by atoms with van der Waals surface area (Å²) in [4.78, 5) is 0. The van der Waals surface area contributed by atoms with Crippen LogP contribution in [0.5, 0.6) is 17.2 Å². The van der Waals surface area contributed by atoms with Crippen molar-refractivity contribution in [3.05, 3.63) is 18.2 Å². The molecule has 5 heteroatoms. The van der Waals surface area contributed by atoms with Crippen LogP contribution in [0.1, 0.15) is 13.3 Å². The molecule has 18 heavy (non-hydrogen) atoms. The second kappa shape index (κ2) is 6.47. The van der Waals surface area contributed by atoms with E-state index in [0.717, 1.165) is 23.7 Å². The van der Waals surface area contributed by atoms with Gasteiger partial charge in [0, 0.05) is 25.6 Å². The highest BCUT2D eigenvalue weighted by Crippen LogP contribution is 2.35. The zero-order valence-electron chi connectivity index (χ0n) is 10.6. The van der Waals surface area contributed by atoms with Crippen molar-refractivity contribution in [1.29, 1.82) is 0 Å². The molecule has 0 saturated heterocycles. The second-order valence-corrected chi connectivity index (χ2v) is 3.97. The summed E-state index contributed by atoms with van der Waals surface area (Å²) in [6.07, 6.45) is 0.836. The predicted octanol–water partition coefficient (Wildman–Crippen LogP) is 1.55. The number of rotatable bonds is 7. The Bertz CT molecular complexity index is 383. The molecule has 100 valence electrons. The van der Waals surface area contributed by atoms with E-state index in [9.17, 15) is 0 Å². The Labute approximate surface area is 107 Å². The second-order valence-electron chi connectivity index (χ2n) is 3.97.